The molecule has 1 aromatic rings. The topological polar surface area (TPSA) is 88.5 Å². The van der Waals surface area contributed by atoms with Crippen LogP contribution in [0.3, 0.4) is 0 Å². The van der Waals surface area contributed by atoms with Crippen LogP contribution in [-0.4, -0.2) is 40.2 Å². The molecule has 0 spiro atoms. The third-order valence-corrected chi connectivity index (χ3v) is 3.41. The number of carboxylic acid groups (broad SMARTS) is 1. The second-order valence-electron chi connectivity index (χ2n) is 5.65. The van der Waals surface area contributed by atoms with E-state index in [2.05, 4.69) is 10.3 Å². The minimum Gasteiger partial charge on any atom is -0.480 e. The number of carboxylic acids is 1. The lowest BCUT2D eigenvalue weighted by molar-refractivity contribution is -0.140. The Balaban J connectivity index is 2.67. The van der Waals surface area contributed by atoms with E-state index in [1.165, 1.54) is 0 Å². The Morgan fingerprint density at radius 2 is 2.00 bits per heavy atom. The van der Waals surface area contributed by atoms with E-state index in [1.807, 2.05) is 0 Å². The molecule has 0 aromatic carbocycles. The number of alkyl halides is 3. The van der Waals surface area contributed by atoms with Crippen molar-refractivity contribution in [1.82, 2.24) is 10.3 Å². The molecule has 23 heavy (non-hydrogen) atoms. The van der Waals surface area contributed by atoms with Gasteiger partial charge in [-0.05, 0) is 20.8 Å². The van der Waals surface area contributed by atoms with Gasteiger partial charge >= 0.3 is 12.1 Å². The molecule has 0 aliphatic carbocycles. The summed E-state index contributed by atoms with van der Waals surface area (Å²) in [7, 11) is 0. The van der Waals surface area contributed by atoms with Crippen LogP contribution in [0.15, 0.2) is 5.38 Å². The van der Waals surface area contributed by atoms with Gasteiger partial charge in [-0.1, -0.05) is 0 Å². The monoisotopic (exact) mass is 354 g/mol. The first-order valence-corrected chi connectivity index (χ1v) is 7.48. The van der Waals surface area contributed by atoms with Crippen LogP contribution in [0.4, 0.5) is 13.2 Å². The molecule has 1 unspecified atom stereocenters. The van der Waals surface area contributed by atoms with Crippen LogP contribution in [0, 0.1) is 0 Å². The highest BCUT2D eigenvalue weighted by molar-refractivity contribution is 7.09. The Morgan fingerprint density at radius 1 is 1.39 bits per heavy atom. The molecule has 0 bridgehead atoms. The largest absolute Gasteiger partial charge is 0.480 e. The fourth-order valence-electron chi connectivity index (χ4n) is 1.48. The molecule has 0 aliphatic heterocycles. The van der Waals surface area contributed by atoms with E-state index in [1.54, 1.807) is 20.8 Å². The summed E-state index contributed by atoms with van der Waals surface area (Å²) in [5, 5.41) is 11.0. The first-order chi connectivity index (χ1) is 10.4. The van der Waals surface area contributed by atoms with Crippen molar-refractivity contribution in [3.05, 3.63) is 16.1 Å². The van der Waals surface area contributed by atoms with E-state index in [0.717, 1.165) is 5.38 Å². The number of hydrogen-bond acceptors (Lipinski definition) is 5. The Kier molecular flexibility index (Phi) is 6.11. The van der Waals surface area contributed by atoms with E-state index in [-0.39, 0.29) is 24.4 Å². The van der Waals surface area contributed by atoms with Gasteiger partial charge in [-0.15, -0.1) is 11.3 Å². The van der Waals surface area contributed by atoms with Gasteiger partial charge in [-0.3, -0.25) is 4.79 Å². The lowest BCUT2D eigenvalue weighted by Gasteiger charge is -2.21. The number of halogens is 3. The summed E-state index contributed by atoms with van der Waals surface area (Å²) in [5.41, 5.74) is -0.936. The number of hydrogen-bond donors (Lipinski definition) is 2. The molecule has 2 N–H and O–H groups in total. The zero-order chi connectivity index (χ0) is 17.8. The van der Waals surface area contributed by atoms with Crippen LogP contribution >= 0.6 is 11.3 Å². The van der Waals surface area contributed by atoms with Crippen molar-refractivity contribution in [2.45, 2.75) is 45.0 Å². The first-order valence-electron chi connectivity index (χ1n) is 6.60. The summed E-state index contributed by atoms with van der Waals surface area (Å²) in [6.07, 6.45) is -4.66. The highest BCUT2D eigenvalue weighted by Gasteiger charge is 2.35. The number of carbonyl (C=O) groups excluding carboxylic acids is 1. The lowest BCUT2D eigenvalue weighted by Crippen LogP contribution is -2.42. The van der Waals surface area contributed by atoms with Gasteiger partial charge in [0.2, 0.25) is 0 Å². The van der Waals surface area contributed by atoms with Crippen molar-refractivity contribution in [2.75, 3.05) is 6.61 Å². The average Bonchev–Trinajstić information content (AvgIpc) is 2.85. The van der Waals surface area contributed by atoms with Gasteiger partial charge in [0.15, 0.2) is 5.01 Å². The minimum absolute atomic E-state index is 0.0192. The Bertz CT molecular complexity index is 566. The van der Waals surface area contributed by atoms with Crippen LogP contribution in [0.5, 0.6) is 0 Å². The number of carbonyl (C=O) groups is 2. The van der Waals surface area contributed by atoms with Gasteiger partial charge in [0.1, 0.15) is 11.7 Å². The summed E-state index contributed by atoms with van der Waals surface area (Å²) in [6, 6.07) is -1.28. The summed E-state index contributed by atoms with van der Waals surface area (Å²) in [5.74, 6) is -2.28. The third-order valence-electron chi connectivity index (χ3n) is 2.52. The van der Waals surface area contributed by atoms with Gasteiger partial charge in [0, 0.05) is 18.4 Å². The maximum absolute atomic E-state index is 12.4. The maximum atomic E-state index is 12.4. The van der Waals surface area contributed by atoms with Gasteiger partial charge < -0.3 is 15.2 Å². The normalized spacial score (nSPS) is 13.7. The van der Waals surface area contributed by atoms with Gasteiger partial charge in [-0.2, -0.15) is 13.2 Å². The van der Waals surface area contributed by atoms with E-state index < -0.39 is 40.4 Å². The van der Waals surface area contributed by atoms with Crippen molar-refractivity contribution in [1.29, 1.82) is 0 Å². The molecule has 1 heterocycles. The summed E-state index contributed by atoms with van der Waals surface area (Å²) in [4.78, 5) is 26.1. The van der Waals surface area contributed by atoms with Gasteiger partial charge in [0.25, 0.3) is 5.91 Å². The molecule has 0 saturated carbocycles. The number of nitrogens with zero attached hydrogens (tertiary/aromatic N) is 1. The predicted molar refractivity (Wildman–Crippen MR) is 76.3 cm³/mol. The molecule has 0 fully saturated rings. The second kappa shape index (κ2) is 7.26. The standard InChI is InChI=1S/C13H17F3N2O4S/c1-12(2,3)22-5-4-7(10(20)21)17-9(19)8-6-23-11(18-8)13(14,15)16/h6-7H,4-5H2,1-3H3,(H,17,19)(H,20,21). The van der Waals surface area contributed by atoms with E-state index in [0.29, 0.717) is 0 Å². The summed E-state index contributed by atoms with van der Waals surface area (Å²) in [6.45, 7) is 5.44. The quantitative estimate of drug-likeness (QED) is 0.820. The third kappa shape index (κ3) is 6.53. The zero-order valence-corrected chi connectivity index (χ0v) is 13.5. The molecule has 0 radical (unpaired) electrons. The van der Waals surface area contributed by atoms with Crippen LogP contribution in [0.1, 0.15) is 42.7 Å². The van der Waals surface area contributed by atoms with Crippen LogP contribution < -0.4 is 5.32 Å². The summed E-state index contributed by atoms with van der Waals surface area (Å²) >= 11 is 0.272. The number of thiazole rings is 1. The average molecular weight is 354 g/mol. The molecule has 130 valence electrons. The highest BCUT2D eigenvalue weighted by atomic mass is 32.1. The van der Waals surface area contributed by atoms with Crippen LogP contribution in [0.25, 0.3) is 0 Å². The lowest BCUT2D eigenvalue weighted by atomic mass is 10.1. The minimum atomic E-state index is -4.64. The van der Waals surface area contributed by atoms with E-state index in [9.17, 15) is 22.8 Å². The van der Waals surface area contributed by atoms with E-state index >= 15 is 0 Å². The zero-order valence-electron chi connectivity index (χ0n) is 12.7. The molecule has 0 aliphatic rings. The molecular weight excluding hydrogens is 337 g/mol. The van der Waals surface area contributed by atoms with Crippen molar-refractivity contribution < 1.29 is 32.6 Å². The van der Waals surface area contributed by atoms with Crippen molar-refractivity contribution in [3.63, 3.8) is 0 Å². The van der Waals surface area contributed by atoms with Gasteiger partial charge in [0.05, 0.1) is 5.60 Å². The first kappa shape index (κ1) is 19.4. The number of aliphatic carboxylic acids is 1. The summed E-state index contributed by atoms with van der Waals surface area (Å²) < 4.78 is 42.7. The molecule has 10 heteroatoms. The Labute approximate surface area is 134 Å². The number of nitrogens with one attached hydrogen (secondary N) is 1. The molecule has 0 saturated heterocycles. The van der Waals surface area contributed by atoms with Crippen molar-refractivity contribution in [3.8, 4) is 0 Å². The Morgan fingerprint density at radius 3 is 2.43 bits per heavy atom. The number of aromatic nitrogens is 1. The molecule has 1 rings (SSSR count). The highest BCUT2D eigenvalue weighted by Crippen LogP contribution is 2.31. The fraction of sp³-hybridized carbons (Fsp3) is 0.615. The predicted octanol–water partition coefficient (Wildman–Crippen LogP) is 2.55. The molecule has 6 nitrogen and oxygen atoms in total. The molecule has 1 atom stereocenters. The smallest absolute Gasteiger partial charge is 0.443 e. The maximum Gasteiger partial charge on any atom is 0.443 e. The number of amides is 1. The van der Waals surface area contributed by atoms with Crippen molar-refractivity contribution >= 4 is 23.2 Å². The molecule has 1 aromatic heterocycles. The van der Waals surface area contributed by atoms with Crippen LogP contribution in [-0.2, 0) is 15.7 Å². The number of rotatable bonds is 6. The second-order valence-corrected chi connectivity index (χ2v) is 6.51. The SMILES string of the molecule is CC(C)(C)OCCC(NC(=O)c1csc(C(F)(F)F)n1)C(=O)O. The van der Waals surface area contributed by atoms with E-state index in [4.69, 9.17) is 9.84 Å². The Hall–Kier alpha value is -1.68. The fourth-order valence-corrected chi connectivity index (χ4v) is 2.15. The molecular formula is C13H17F3N2O4S. The molecule has 1 amide bonds. The van der Waals surface area contributed by atoms with Crippen LogP contribution in [0.2, 0.25) is 0 Å². The van der Waals surface area contributed by atoms with Crippen molar-refractivity contribution in [2.24, 2.45) is 0 Å². The van der Waals surface area contributed by atoms with Gasteiger partial charge in [-0.25, -0.2) is 9.78 Å². The number of ether oxygens (including phenoxy) is 1.